The van der Waals surface area contributed by atoms with E-state index < -0.39 is 0 Å². The topological polar surface area (TPSA) is 51.2 Å². The first-order valence-corrected chi connectivity index (χ1v) is 4.37. The van der Waals surface area contributed by atoms with E-state index in [1.54, 1.807) is 6.07 Å². The Balaban J connectivity index is 2.66. The van der Waals surface area contributed by atoms with E-state index in [0.29, 0.717) is 5.22 Å². The highest BCUT2D eigenvalue weighted by molar-refractivity contribution is 6.28. The summed E-state index contributed by atoms with van der Waals surface area (Å²) in [5, 5.41) is 0.404. The molecule has 0 aliphatic rings. The monoisotopic (exact) mass is 188 g/mol. The molecule has 0 radical (unpaired) electrons. The summed E-state index contributed by atoms with van der Waals surface area (Å²) in [5.41, 5.74) is 2.68. The van der Waals surface area contributed by atoms with Crippen LogP contribution < -0.4 is 11.3 Å². The second-order valence-electron chi connectivity index (χ2n) is 2.65. The van der Waals surface area contributed by atoms with E-state index in [1.165, 1.54) is 0 Å². The van der Waals surface area contributed by atoms with Gasteiger partial charge >= 0.3 is 0 Å². The number of nitrogens with two attached hydrogens (primary N) is 1. The van der Waals surface area contributed by atoms with Gasteiger partial charge in [0.25, 0.3) is 0 Å². The molecule has 12 heavy (non-hydrogen) atoms. The second-order valence-corrected chi connectivity index (χ2v) is 3.02. The molecule has 3 N–H and O–H groups in total. The lowest BCUT2D eigenvalue weighted by Gasteiger charge is -2.10. The predicted molar refractivity (Wildman–Crippen MR) is 48.7 cm³/mol. The van der Waals surface area contributed by atoms with Gasteiger partial charge in [-0.15, -0.1) is 0 Å². The lowest BCUT2D eigenvalue weighted by atomic mass is 10.1. The van der Waals surface area contributed by atoms with Crippen molar-refractivity contribution in [3.63, 3.8) is 0 Å². The van der Waals surface area contributed by atoms with Crippen LogP contribution in [0.15, 0.2) is 16.5 Å². The standard InChI is InChI=1S/C8H13ClN2O/c1-2-3-6(11-10)7-4-5-8(9)12-7/h4-6,11H,2-3,10H2,1H3. The fourth-order valence-electron chi connectivity index (χ4n) is 1.11. The van der Waals surface area contributed by atoms with Gasteiger partial charge in [0.1, 0.15) is 5.76 Å². The van der Waals surface area contributed by atoms with Gasteiger partial charge in [0.05, 0.1) is 6.04 Å². The summed E-state index contributed by atoms with van der Waals surface area (Å²) in [4.78, 5) is 0. The van der Waals surface area contributed by atoms with Gasteiger partial charge in [0, 0.05) is 0 Å². The maximum Gasteiger partial charge on any atom is 0.193 e. The molecule has 0 saturated carbocycles. The van der Waals surface area contributed by atoms with E-state index >= 15 is 0 Å². The molecule has 1 atom stereocenters. The first-order chi connectivity index (χ1) is 5.77. The van der Waals surface area contributed by atoms with Gasteiger partial charge in [-0.2, -0.15) is 0 Å². The van der Waals surface area contributed by atoms with Crippen LogP contribution in [-0.4, -0.2) is 0 Å². The Kier molecular flexibility index (Phi) is 3.59. The number of hydrogen-bond donors (Lipinski definition) is 2. The normalized spacial score (nSPS) is 13.2. The van der Waals surface area contributed by atoms with Crippen LogP contribution in [0.4, 0.5) is 0 Å². The summed E-state index contributed by atoms with van der Waals surface area (Å²) in [6.45, 7) is 2.09. The first kappa shape index (κ1) is 9.58. The molecule has 68 valence electrons. The number of nitrogens with one attached hydrogen (secondary N) is 1. The molecule has 0 aliphatic heterocycles. The van der Waals surface area contributed by atoms with E-state index in [1.807, 2.05) is 6.07 Å². The molecule has 1 unspecified atom stereocenters. The summed E-state index contributed by atoms with van der Waals surface area (Å²) in [6.07, 6.45) is 1.99. The van der Waals surface area contributed by atoms with Crippen LogP contribution in [0.3, 0.4) is 0 Å². The molecular formula is C8H13ClN2O. The van der Waals surface area contributed by atoms with Crippen molar-refractivity contribution >= 4 is 11.6 Å². The third-order valence-electron chi connectivity index (χ3n) is 1.72. The Bertz CT molecular complexity index is 237. The zero-order valence-corrected chi connectivity index (χ0v) is 7.77. The van der Waals surface area contributed by atoms with Crippen LogP contribution in [0.1, 0.15) is 31.6 Å². The second kappa shape index (κ2) is 4.50. The molecule has 0 fully saturated rings. The smallest absolute Gasteiger partial charge is 0.193 e. The first-order valence-electron chi connectivity index (χ1n) is 3.99. The third kappa shape index (κ3) is 2.24. The summed E-state index contributed by atoms with van der Waals surface area (Å²) in [5.74, 6) is 6.14. The number of hydrogen-bond acceptors (Lipinski definition) is 3. The minimum atomic E-state index is 0.0718. The quantitative estimate of drug-likeness (QED) is 0.563. The van der Waals surface area contributed by atoms with Crippen molar-refractivity contribution in [1.82, 2.24) is 5.43 Å². The van der Waals surface area contributed by atoms with E-state index in [4.69, 9.17) is 21.9 Å². The highest BCUT2D eigenvalue weighted by atomic mass is 35.5. The van der Waals surface area contributed by atoms with Crippen LogP contribution in [0.5, 0.6) is 0 Å². The number of rotatable bonds is 4. The van der Waals surface area contributed by atoms with Gasteiger partial charge in [-0.3, -0.25) is 5.84 Å². The minimum absolute atomic E-state index is 0.0718. The lowest BCUT2D eigenvalue weighted by Crippen LogP contribution is -2.27. The lowest BCUT2D eigenvalue weighted by molar-refractivity contribution is 0.399. The average molecular weight is 189 g/mol. The highest BCUT2D eigenvalue weighted by Gasteiger charge is 2.11. The van der Waals surface area contributed by atoms with Crippen LogP contribution in [0, 0.1) is 0 Å². The van der Waals surface area contributed by atoms with Crippen LogP contribution in [0.2, 0.25) is 5.22 Å². The molecule has 0 amide bonds. The van der Waals surface area contributed by atoms with E-state index in [9.17, 15) is 0 Å². The summed E-state index contributed by atoms with van der Waals surface area (Å²) in [7, 11) is 0. The van der Waals surface area contributed by atoms with Gasteiger partial charge < -0.3 is 4.42 Å². The molecule has 0 aromatic carbocycles. The Labute approximate surface area is 76.8 Å². The Morgan fingerprint density at radius 1 is 1.67 bits per heavy atom. The van der Waals surface area contributed by atoms with Crippen molar-refractivity contribution in [2.75, 3.05) is 0 Å². The molecule has 4 heteroatoms. The molecule has 0 saturated heterocycles. The maximum absolute atomic E-state index is 5.63. The molecular weight excluding hydrogens is 176 g/mol. The zero-order valence-electron chi connectivity index (χ0n) is 7.01. The van der Waals surface area contributed by atoms with Gasteiger partial charge in [-0.05, 0) is 30.2 Å². The van der Waals surface area contributed by atoms with Gasteiger partial charge in [-0.25, -0.2) is 5.43 Å². The number of halogens is 1. The maximum atomic E-state index is 5.63. The summed E-state index contributed by atoms with van der Waals surface area (Å²) < 4.78 is 5.21. The van der Waals surface area contributed by atoms with Crippen molar-refractivity contribution in [1.29, 1.82) is 0 Å². The highest BCUT2D eigenvalue weighted by Crippen LogP contribution is 2.22. The Hall–Kier alpha value is -0.510. The van der Waals surface area contributed by atoms with E-state index in [-0.39, 0.29) is 6.04 Å². The largest absolute Gasteiger partial charge is 0.448 e. The molecule has 3 nitrogen and oxygen atoms in total. The molecule has 0 bridgehead atoms. The zero-order chi connectivity index (χ0) is 8.97. The summed E-state index contributed by atoms with van der Waals surface area (Å²) >= 11 is 5.63. The Morgan fingerprint density at radius 2 is 2.42 bits per heavy atom. The fourth-order valence-corrected chi connectivity index (χ4v) is 1.26. The molecule has 0 aliphatic carbocycles. The van der Waals surface area contributed by atoms with Crippen LogP contribution in [0.25, 0.3) is 0 Å². The molecule has 1 rings (SSSR count). The van der Waals surface area contributed by atoms with Crippen molar-refractivity contribution in [2.45, 2.75) is 25.8 Å². The molecule has 1 heterocycles. The molecule has 1 aromatic heterocycles. The van der Waals surface area contributed by atoms with Crippen molar-refractivity contribution in [3.05, 3.63) is 23.1 Å². The van der Waals surface area contributed by atoms with Gasteiger partial charge in [-0.1, -0.05) is 13.3 Å². The van der Waals surface area contributed by atoms with E-state index in [2.05, 4.69) is 12.3 Å². The summed E-state index contributed by atoms with van der Waals surface area (Å²) in [6, 6.07) is 3.63. The van der Waals surface area contributed by atoms with Crippen molar-refractivity contribution < 1.29 is 4.42 Å². The van der Waals surface area contributed by atoms with Crippen LogP contribution in [-0.2, 0) is 0 Å². The van der Waals surface area contributed by atoms with Crippen molar-refractivity contribution in [3.8, 4) is 0 Å². The average Bonchev–Trinajstić information content (AvgIpc) is 2.47. The minimum Gasteiger partial charge on any atom is -0.448 e. The van der Waals surface area contributed by atoms with Crippen molar-refractivity contribution in [2.24, 2.45) is 5.84 Å². The van der Waals surface area contributed by atoms with E-state index in [0.717, 1.165) is 18.6 Å². The number of hydrazine groups is 1. The Morgan fingerprint density at radius 3 is 2.83 bits per heavy atom. The van der Waals surface area contributed by atoms with Crippen LogP contribution >= 0.6 is 11.6 Å². The molecule has 1 aromatic rings. The fraction of sp³-hybridized carbons (Fsp3) is 0.500. The SMILES string of the molecule is CCCC(NN)c1ccc(Cl)o1. The predicted octanol–water partition coefficient (Wildman–Crippen LogP) is 2.24. The number of furan rings is 1. The van der Waals surface area contributed by atoms with Gasteiger partial charge in [0.2, 0.25) is 0 Å². The van der Waals surface area contributed by atoms with Gasteiger partial charge in [0.15, 0.2) is 5.22 Å². The third-order valence-corrected chi connectivity index (χ3v) is 1.92. The molecule has 0 spiro atoms.